The van der Waals surface area contributed by atoms with Gasteiger partial charge >= 0.3 is 11.9 Å². The minimum Gasteiger partial charge on any atom is -0.342 e. The van der Waals surface area contributed by atoms with Gasteiger partial charge in [-0.2, -0.15) is 18.2 Å². The fraction of sp³-hybridized carbons (Fsp3) is 0.600. The molecule has 0 saturated heterocycles. The van der Waals surface area contributed by atoms with Gasteiger partial charge in [0.25, 0.3) is 0 Å². The predicted molar refractivity (Wildman–Crippen MR) is 67.0 cm³/mol. The number of nitro groups is 1. The molecule has 1 rings (SSSR count). The predicted octanol–water partition coefficient (Wildman–Crippen LogP) is 3.13. The summed E-state index contributed by atoms with van der Waals surface area (Å²) in [6.07, 6.45) is -4.14. The second-order valence-corrected chi connectivity index (χ2v) is 4.38. The first kappa shape index (κ1) is 16.4. The van der Waals surface area contributed by atoms with Crippen LogP contribution in [0.3, 0.4) is 0 Å². The first-order valence-corrected chi connectivity index (χ1v) is 6.03. The Morgan fingerprint density at radius 2 is 2.00 bits per heavy atom. The standard InChI is InChI=1S/C10H12ClF3N4O2/c1-3-4-17(5-10(12,13)14)8-7(18(19)20)6(2)15-9(11)16-8/h3-5H2,1-2H3. The van der Waals surface area contributed by atoms with Gasteiger partial charge in [0.1, 0.15) is 12.2 Å². The summed E-state index contributed by atoms with van der Waals surface area (Å²) in [5.74, 6) is -0.410. The van der Waals surface area contributed by atoms with Crippen LogP contribution >= 0.6 is 11.6 Å². The number of halogens is 4. The van der Waals surface area contributed by atoms with E-state index < -0.39 is 29.1 Å². The fourth-order valence-electron chi connectivity index (χ4n) is 1.70. The van der Waals surface area contributed by atoms with Crippen LogP contribution in [0.5, 0.6) is 0 Å². The van der Waals surface area contributed by atoms with Crippen molar-refractivity contribution in [3.63, 3.8) is 0 Å². The largest absolute Gasteiger partial charge is 0.405 e. The van der Waals surface area contributed by atoms with Gasteiger partial charge < -0.3 is 4.90 Å². The average molecular weight is 313 g/mol. The SMILES string of the molecule is CCCN(CC(F)(F)F)c1nc(Cl)nc(C)c1[N+](=O)[O-]. The van der Waals surface area contributed by atoms with E-state index in [4.69, 9.17) is 11.6 Å². The highest BCUT2D eigenvalue weighted by Gasteiger charge is 2.35. The van der Waals surface area contributed by atoms with Gasteiger partial charge in [-0.25, -0.2) is 4.98 Å². The third-order valence-electron chi connectivity index (χ3n) is 2.36. The lowest BCUT2D eigenvalue weighted by Gasteiger charge is -2.24. The molecule has 0 saturated carbocycles. The highest BCUT2D eigenvalue weighted by molar-refractivity contribution is 6.28. The summed E-state index contributed by atoms with van der Waals surface area (Å²) in [4.78, 5) is 18.2. The molecule has 0 aromatic carbocycles. The molecular weight excluding hydrogens is 301 g/mol. The Balaban J connectivity index is 3.34. The Morgan fingerprint density at radius 1 is 1.40 bits per heavy atom. The molecule has 1 heterocycles. The van der Waals surface area contributed by atoms with Gasteiger partial charge in [-0.05, 0) is 24.9 Å². The van der Waals surface area contributed by atoms with Gasteiger partial charge in [0.2, 0.25) is 11.1 Å². The van der Waals surface area contributed by atoms with Crippen molar-refractivity contribution in [1.29, 1.82) is 0 Å². The van der Waals surface area contributed by atoms with E-state index in [1.807, 2.05) is 0 Å². The van der Waals surface area contributed by atoms with E-state index in [9.17, 15) is 23.3 Å². The zero-order valence-electron chi connectivity index (χ0n) is 10.7. The van der Waals surface area contributed by atoms with E-state index in [1.54, 1.807) is 6.92 Å². The van der Waals surface area contributed by atoms with Crippen LogP contribution in [-0.2, 0) is 0 Å². The smallest absolute Gasteiger partial charge is 0.342 e. The van der Waals surface area contributed by atoms with Gasteiger partial charge in [0, 0.05) is 6.54 Å². The molecule has 0 aliphatic carbocycles. The van der Waals surface area contributed by atoms with Crippen molar-refractivity contribution >= 4 is 23.1 Å². The maximum atomic E-state index is 12.6. The lowest BCUT2D eigenvalue weighted by molar-refractivity contribution is -0.385. The summed E-state index contributed by atoms with van der Waals surface area (Å²) in [7, 11) is 0. The first-order valence-electron chi connectivity index (χ1n) is 5.66. The number of rotatable bonds is 5. The second-order valence-electron chi connectivity index (χ2n) is 4.04. The van der Waals surface area contributed by atoms with Gasteiger partial charge in [0.05, 0.1) is 4.92 Å². The van der Waals surface area contributed by atoms with Crippen molar-refractivity contribution in [3.05, 3.63) is 21.1 Å². The maximum absolute atomic E-state index is 12.6. The summed E-state index contributed by atoms with van der Waals surface area (Å²) < 4.78 is 37.7. The highest BCUT2D eigenvalue weighted by atomic mass is 35.5. The molecule has 6 nitrogen and oxygen atoms in total. The van der Waals surface area contributed by atoms with E-state index in [-0.39, 0.29) is 17.5 Å². The quantitative estimate of drug-likeness (QED) is 0.474. The maximum Gasteiger partial charge on any atom is 0.405 e. The molecule has 0 spiro atoms. The number of anilines is 1. The topological polar surface area (TPSA) is 72.2 Å². The third kappa shape index (κ3) is 4.19. The molecule has 0 radical (unpaired) electrons. The van der Waals surface area contributed by atoms with Crippen molar-refractivity contribution in [2.75, 3.05) is 18.0 Å². The van der Waals surface area contributed by atoms with Gasteiger partial charge in [-0.1, -0.05) is 6.92 Å². The zero-order valence-corrected chi connectivity index (χ0v) is 11.5. The number of nitrogens with zero attached hydrogens (tertiary/aromatic N) is 4. The lowest BCUT2D eigenvalue weighted by Crippen LogP contribution is -2.36. The van der Waals surface area contributed by atoms with E-state index in [2.05, 4.69) is 9.97 Å². The summed E-state index contributed by atoms with van der Waals surface area (Å²) in [5.41, 5.74) is -0.639. The summed E-state index contributed by atoms with van der Waals surface area (Å²) in [6.45, 7) is 1.58. The van der Waals surface area contributed by atoms with E-state index >= 15 is 0 Å². The van der Waals surface area contributed by atoms with Crippen LogP contribution in [0.1, 0.15) is 19.0 Å². The number of aromatic nitrogens is 2. The molecule has 112 valence electrons. The normalized spacial score (nSPS) is 11.5. The molecule has 0 atom stereocenters. The van der Waals surface area contributed by atoms with Crippen LogP contribution in [-0.4, -0.2) is 34.2 Å². The van der Waals surface area contributed by atoms with Crippen molar-refractivity contribution in [3.8, 4) is 0 Å². The van der Waals surface area contributed by atoms with E-state index in [1.165, 1.54) is 6.92 Å². The Bertz CT molecular complexity index is 510. The Hall–Kier alpha value is -1.64. The number of alkyl halides is 3. The number of hydrogen-bond donors (Lipinski definition) is 0. The van der Waals surface area contributed by atoms with E-state index in [0.717, 1.165) is 4.90 Å². The molecule has 10 heteroatoms. The Labute approximate surface area is 117 Å². The van der Waals surface area contributed by atoms with Crippen molar-refractivity contribution < 1.29 is 18.1 Å². The van der Waals surface area contributed by atoms with Crippen molar-refractivity contribution in [2.24, 2.45) is 0 Å². The molecule has 0 fully saturated rings. The Kier molecular flexibility index (Phi) is 5.09. The molecule has 0 bridgehead atoms. The molecule has 0 amide bonds. The van der Waals surface area contributed by atoms with Gasteiger partial charge in [0.15, 0.2) is 0 Å². The minimum atomic E-state index is -4.51. The van der Waals surface area contributed by atoms with Crippen LogP contribution in [0.15, 0.2) is 0 Å². The monoisotopic (exact) mass is 312 g/mol. The lowest BCUT2D eigenvalue weighted by atomic mass is 10.3. The van der Waals surface area contributed by atoms with Crippen molar-refractivity contribution in [2.45, 2.75) is 26.4 Å². The van der Waals surface area contributed by atoms with Crippen LogP contribution in [0, 0.1) is 17.0 Å². The second kappa shape index (κ2) is 6.21. The molecule has 0 aliphatic rings. The van der Waals surface area contributed by atoms with Gasteiger partial charge in [-0.15, -0.1) is 0 Å². The molecule has 20 heavy (non-hydrogen) atoms. The molecule has 0 N–H and O–H groups in total. The molecular formula is C10H12ClF3N4O2. The van der Waals surface area contributed by atoms with Gasteiger partial charge in [-0.3, -0.25) is 10.1 Å². The zero-order chi connectivity index (χ0) is 15.5. The van der Waals surface area contributed by atoms with E-state index in [0.29, 0.717) is 6.42 Å². The van der Waals surface area contributed by atoms with Crippen LogP contribution in [0.25, 0.3) is 0 Å². The summed E-state index contributed by atoms with van der Waals surface area (Å²) >= 11 is 5.59. The van der Waals surface area contributed by atoms with Crippen molar-refractivity contribution in [1.82, 2.24) is 9.97 Å². The minimum absolute atomic E-state index is 0.0346. The first-order chi connectivity index (χ1) is 9.15. The van der Waals surface area contributed by atoms with Crippen LogP contribution < -0.4 is 4.90 Å². The fourth-order valence-corrected chi connectivity index (χ4v) is 1.91. The molecule has 0 unspecified atom stereocenters. The Morgan fingerprint density at radius 3 is 2.45 bits per heavy atom. The number of aryl methyl sites for hydroxylation is 1. The average Bonchev–Trinajstić information content (AvgIpc) is 2.24. The third-order valence-corrected chi connectivity index (χ3v) is 2.53. The molecule has 1 aromatic rings. The number of hydrogen-bond acceptors (Lipinski definition) is 5. The molecule has 1 aromatic heterocycles. The van der Waals surface area contributed by atoms with Crippen LogP contribution in [0.4, 0.5) is 24.7 Å². The summed E-state index contributed by atoms with van der Waals surface area (Å²) in [5, 5.41) is 10.7. The highest BCUT2D eigenvalue weighted by Crippen LogP contribution is 2.31. The van der Waals surface area contributed by atoms with Crippen LogP contribution in [0.2, 0.25) is 5.28 Å². The summed E-state index contributed by atoms with van der Waals surface area (Å²) in [6, 6.07) is 0. The molecule has 0 aliphatic heterocycles.